The van der Waals surface area contributed by atoms with Gasteiger partial charge in [-0.15, -0.1) is 13.2 Å². The molecule has 1 aromatic carbocycles. The summed E-state index contributed by atoms with van der Waals surface area (Å²) in [6, 6.07) is 5.20. The molecular weight excluding hydrogens is 309 g/mol. The van der Waals surface area contributed by atoms with E-state index in [4.69, 9.17) is 11.6 Å². The maximum absolute atomic E-state index is 12.0. The van der Waals surface area contributed by atoms with Crippen LogP contribution in [0.1, 0.15) is 0 Å². The molecule has 2 N–H and O–H groups in total. The van der Waals surface area contributed by atoms with Crippen molar-refractivity contribution >= 4 is 29.1 Å². The lowest BCUT2D eigenvalue weighted by molar-refractivity contribution is -0.274. The van der Waals surface area contributed by atoms with Gasteiger partial charge in [-0.2, -0.15) is 4.98 Å². The molecule has 21 heavy (non-hydrogen) atoms. The fourth-order valence-electron chi connectivity index (χ4n) is 1.45. The topological polar surface area (TPSA) is 59.1 Å². The summed E-state index contributed by atoms with van der Waals surface area (Å²) in [6.45, 7) is 0. The van der Waals surface area contributed by atoms with Crippen LogP contribution in [0.5, 0.6) is 5.75 Å². The van der Waals surface area contributed by atoms with Gasteiger partial charge < -0.3 is 15.4 Å². The number of ether oxygens (including phenoxy) is 1. The molecule has 0 saturated carbocycles. The molecule has 0 saturated heterocycles. The Hall–Kier alpha value is -2.22. The minimum Gasteiger partial charge on any atom is -0.406 e. The van der Waals surface area contributed by atoms with Gasteiger partial charge in [0.15, 0.2) is 5.82 Å². The number of halogens is 4. The molecule has 0 aliphatic heterocycles. The lowest BCUT2D eigenvalue weighted by Gasteiger charge is -2.11. The minimum absolute atomic E-state index is 0.282. The van der Waals surface area contributed by atoms with Crippen LogP contribution in [0.15, 0.2) is 30.5 Å². The van der Waals surface area contributed by atoms with Gasteiger partial charge in [0.25, 0.3) is 0 Å². The molecule has 2 aromatic rings. The Bertz CT molecular complexity index is 619. The van der Waals surface area contributed by atoms with Gasteiger partial charge in [-0.25, -0.2) is 4.98 Å². The average Bonchev–Trinajstić information content (AvgIpc) is 2.42. The van der Waals surface area contributed by atoms with E-state index < -0.39 is 6.36 Å². The standard InChI is InChI=1S/C12H10ClF3N4O/c1-17-11-18-6-9(13)10(20-11)19-7-2-4-8(5-3-7)21-12(14,15)16/h2-6H,1H3,(H2,17,18,19,20). The van der Waals surface area contributed by atoms with E-state index in [0.29, 0.717) is 17.5 Å². The highest BCUT2D eigenvalue weighted by Gasteiger charge is 2.30. The van der Waals surface area contributed by atoms with E-state index in [1.165, 1.54) is 30.5 Å². The largest absolute Gasteiger partial charge is 0.573 e. The highest BCUT2D eigenvalue weighted by Crippen LogP contribution is 2.27. The van der Waals surface area contributed by atoms with Crippen LogP contribution in [0.2, 0.25) is 5.02 Å². The molecule has 0 atom stereocenters. The van der Waals surface area contributed by atoms with Crippen molar-refractivity contribution in [2.75, 3.05) is 17.7 Å². The SMILES string of the molecule is CNc1ncc(Cl)c(Nc2ccc(OC(F)(F)F)cc2)n1. The van der Waals surface area contributed by atoms with Crippen molar-refractivity contribution in [3.63, 3.8) is 0 Å². The summed E-state index contributed by atoms with van der Waals surface area (Å²) < 4.78 is 39.9. The molecule has 112 valence electrons. The number of hydrogen-bond acceptors (Lipinski definition) is 5. The molecule has 0 amide bonds. The maximum atomic E-state index is 12.0. The number of hydrogen-bond donors (Lipinski definition) is 2. The smallest absolute Gasteiger partial charge is 0.406 e. The molecule has 0 unspecified atom stereocenters. The summed E-state index contributed by atoms with van der Waals surface area (Å²) in [5.41, 5.74) is 0.507. The van der Waals surface area contributed by atoms with Gasteiger partial charge in [-0.05, 0) is 24.3 Å². The van der Waals surface area contributed by atoms with Crippen molar-refractivity contribution < 1.29 is 17.9 Å². The number of benzene rings is 1. The van der Waals surface area contributed by atoms with Crippen molar-refractivity contribution in [2.45, 2.75) is 6.36 Å². The van der Waals surface area contributed by atoms with E-state index >= 15 is 0 Å². The minimum atomic E-state index is -4.72. The Balaban J connectivity index is 2.13. The number of alkyl halides is 3. The zero-order valence-electron chi connectivity index (χ0n) is 10.7. The predicted octanol–water partition coefficient (Wildman–Crippen LogP) is 3.81. The van der Waals surface area contributed by atoms with Crippen LogP contribution in [0.4, 0.5) is 30.6 Å². The van der Waals surface area contributed by atoms with Crippen molar-refractivity contribution in [3.05, 3.63) is 35.5 Å². The number of nitrogens with one attached hydrogen (secondary N) is 2. The second-order valence-corrected chi connectivity index (χ2v) is 4.24. The molecule has 9 heteroatoms. The molecule has 0 bridgehead atoms. The Labute approximate surface area is 123 Å². The fraction of sp³-hybridized carbons (Fsp3) is 0.167. The van der Waals surface area contributed by atoms with Gasteiger partial charge in [-0.3, -0.25) is 0 Å². The van der Waals surface area contributed by atoms with Crippen molar-refractivity contribution in [2.24, 2.45) is 0 Å². The molecule has 2 rings (SSSR count). The summed E-state index contributed by atoms with van der Waals surface area (Å²) in [7, 11) is 1.65. The molecular formula is C12H10ClF3N4O. The van der Waals surface area contributed by atoms with Crippen molar-refractivity contribution in [3.8, 4) is 5.75 Å². The monoisotopic (exact) mass is 318 g/mol. The van der Waals surface area contributed by atoms with E-state index in [1.807, 2.05) is 0 Å². The van der Waals surface area contributed by atoms with Crippen LogP contribution in [0, 0.1) is 0 Å². The van der Waals surface area contributed by atoms with Crippen molar-refractivity contribution in [1.82, 2.24) is 9.97 Å². The highest BCUT2D eigenvalue weighted by atomic mass is 35.5. The summed E-state index contributed by atoms with van der Waals surface area (Å²) in [5.74, 6) is 0.386. The Morgan fingerprint density at radius 2 is 1.86 bits per heavy atom. The van der Waals surface area contributed by atoms with Crippen LogP contribution in [-0.4, -0.2) is 23.4 Å². The van der Waals surface area contributed by atoms with Crippen LogP contribution in [0.25, 0.3) is 0 Å². The predicted molar refractivity (Wildman–Crippen MR) is 73.0 cm³/mol. The summed E-state index contributed by atoms with van der Waals surface area (Å²) >= 11 is 5.93. The second kappa shape index (κ2) is 6.04. The van der Waals surface area contributed by atoms with E-state index in [0.717, 1.165) is 0 Å². The van der Waals surface area contributed by atoms with Gasteiger partial charge in [-0.1, -0.05) is 11.6 Å². The first-order valence-electron chi connectivity index (χ1n) is 5.70. The second-order valence-electron chi connectivity index (χ2n) is 3.84. The van der Waals surface area contributed by atoms with Crippen LogP contribution in [0.3, 0.4) is 0 Å². The third kappa shape index (κ3) is 4.38. The number of rotatable bonds is 4. The molecule has 0 radical (unpaired) electrons. The maximum Gasteiger partial charge on any atom is 0.573 e. The quantitative estimate of drug-likeness (QED) is 0.897. The van der Waals surface area contributed by atoms with Crippen LogP contribution in [-0.2, 0) is 0 Å². The molecule has 0 spiro atoms. The van der Waals surface area contributed by atoms with E-state index in [9.17, 15) is 13.2 Å². The summed E-state index contributed by atoms with van der Waals surface area (Å²) in [6.07, 6.45) is -3.31. The molecule has 1 heterocycles. The van der Waals surface area contributed by atoms with Gasteiger partial charge in [0, 0.05) is 12.7 Å². The number of nitrogens with zero attached hydrogens (tertiary/aromatic N) is 2. The number of anilines is 3. The Morgan fingerprint density at radius 1 is 1.19 bits per heavy atom. The summed E-state index contributed by atoms with van der Waals surface area (Å²) in [5, 5.41) is 5.91. The first-order chi connectivity index (χ1) is 9.87. The van der Waals surface area contributed by atoms with Gasteiger partial charge in [0.2, 0.25) is 5.95 Å². The third-order valence-electron chi connectivity index (χ3n) is 2.32. The lowest BCUT2D eigenvalue weighted by Crippen LogP contribution is -2.16. The Morgan fingerprint density at radius 3 is 2.43 bits per heavy atom. The van der Waals surface area contributed by atoms with E-state index in [2.05, 4.69) is 25.3 Å². The molecule has 0 aliphatic rings. The summed E-state index contributed by atoms with van der Waals surface area (Å²) in [4.78, 5) is 8.01. The first kappa shape index (κ1) is 15.2. The number of aromatic nitrogens is 2. The van der Waals surface area contributed by atoms with E-state index in [-0.39, 0.29) is 10.8 Å². The lowest BCUT2D eigenvalue weighted by atomic mass is 10.3. The normalized spacial score (nSPS) is 11.1. The van der Waals surface area contributed by atoms with Gasteiger partial charge >= 0.3 is 6.36 Å². The van der Waals surface area contributed by atoms with Gasteiger partial charge in [0.1, 0.15) is 10.8 Å². The highest BCUT2D eigenvalue weighted by molar-refractivity contribution is 6.32. The van der Waals surface area contributed by atoms with E-state index in [1.54, 1.807) is 7.05 Å². The molecule has 5 nitrogen and oxygen atoms in total. The van der Waals surface area contributed by atoms with Crippen LogP contribution >= 0.6 is 11.6 Å². The zero-order chi connectivity index (χ0) is 15.5. The molecule has 1 aromatic heterocycles. The Kier molecular flexibility index (Phi) is 4.37. The zero-order valence-corrected chi connectivity index (χ0v) is 11.5. The molecule has 0 fully saturated rings. The van der Waals surface area contributed by atoms with Gasteiger partial charge in [0.05, 0.1) is 6.20 Å². The fourth-order valence-corrected chi connectivity index (χ4v) is 1.59. The third-order valence-corrected chi connectivity index (χ3v) is 2.59. The van der Waals surface area contributed by atoms with Crippen molar-refractivity contribution in [1.29, 1.82) is 0 Å². The first-order valence-corrected chi connectivity index (χ1v) is 6.08. The average molecular weight is 319 g/mol. The molecule has 0 aliphatic carbocycles. The van der Waals surface area contributed by atoms with Crippen LogP contribution < -0.4 is 15.4 Å².